The molecule has 0 radical (unpaired) electrons. The van der Waals surface area contributed by atoms with E-state index in [0.717, 1.165) is 0 Å². The second-order valence-corrected chi connectivity index (χ2v) is 4.50. The van der Waals surface area contributed by atoms with E-state index in [2.05, 4.69) is 0 Å². The van der Waals surface area contributed by atoms with Crippen molar-refractivity contribution in [1.82, 2.24) is 0 Å². The van der Waals surface area contributed by atoms with Crippen molar-refractivity contribution >= 4 is 27.9 Å². The first-order valence-electron chi connectivity index (χ1n) is 3.07. The fourth-order valence-electron chi connectivity index (χ4n) is 0.693. The van der Waals surface area contributed by atoms with Crippen molar-refractivity contribution < 1.29 is 9.00 Å². The molecule has 0 fully saturated rings. The van der Waals surface area contributed by atoms with Crippen LogP contribution in [0, 0.1) is 0 Å². The molecule has 0 aliphatic rings. The van der Waals surface area contributed by atoms with Crippen molar-refractivity contribution in [2.45, 2.75) is 0 Å². The largest absolute Gasteiger partial charge is 0.292 e. The van der Waals surface area contributed by atoms with Crippen molar-refractivity contribution in [3.05, 3.63) is 22.4 Å². The zero-order valence-corrected chi connectivity index (χ0v) is 7.71. The van der Waals surface area contributed by atoms with Gasteiger partial charge in [0.2, 0.25) is 0 Å². The summed E-state index contributed by atoms with van der Waals surface area (Å²) in [6.07, 6.45) is 1.53. The van der Waals surface area contributed by atoms with Crippen LogP contribution in [-0.2, 0) is 10.8 Å². The van der Waals surface area contributed by atoms with E-state index in [0.29, 0.717) is 4.88 Å². The Morgan fingerprint density at radius 3 is 2.91 bits per heavy atom. The molecule has 0 N–H and O–H groups in total. The fourth-order valence-corrected chi connectivity index (χ4v) is 1.97. The first-order chi connectivity index (χ1) is 5.20. The van der Waals surface area contributed by atoms with Crippen molar-refractivity contribution in [2.75, 3.05) is 12.0 Å². The number of carbonyl (C=O) groups is 1. The molecule has 4 heteroatoms. The van der Waals surface area contributed by atoms with E-state index in [-0.39, 0.29) is 11.5 Å². The molecule has 0 saturated carbocycles. The monoisotopic (exact) mass is 188 g/mol. The Hall–Kier alpha value is -0.480. The summed E-state index contributed by atoms with van der Waals surface area (Å²) >= 11 is 1.39. The Bertz CT molecular complexity index is 264. The van der Waals surface area contributed by atoms with Gasteiger partial charge in [0.15, 0.2) is 5.78 Å². The molecule has 0 aliphatic heterocycles. The highest BCUT2D eigenvalue weighted by Gasteiger charge is 2.07. The van der Waals surface area contributed by atoms with Gasteiger partial charge in [-0.3, -0.25) is 9.00 Å². The molecule has 1 aromatic heterocycles. The Kier molecular flexibility index (Phi) is 2.96. The number of carbonyl (C=O) groups excluding carboxylic acids is 1. The van der Waals surface area contributed by atoms with Crippen LogP contribution in [0.25, 0.3) is 0 Å². The first-order valence-corrected chi connectivity index (χ1v) is 5.67. The van der Waals surface area contributed by atoms with Crippen LogP contribution in [0.2, 0.25) is 0 Å². The Balaban J connectivity index is 2.64. The molecule has 0 bridgehead atoms. The lowest BCUT2D eigenvalue weighted by Crippen LogP contribution is -2.07. The molecular weight excluding hydrogens is 180 g/mol. The average molecular weight is 188 g/mol. The van der Waals surface area contributed by atoms with Crippen LogP contribution >= 0.6 is 11.3 Å². The maximum absolute atomic E-state index is 11.1. The van der Waals surface area contributed by atoms with Crippen molar-refractivity contribution in [3.63, 3.8) is 0 Å². The van der Waals surface area contributed by atoms with Gasteiger partial charge in [-0.25, -0.2) is 0 Å². The summed E-state index contributed by atoms with van der Waals surface area (Å²) in [6.45, 7) is 0. The first kappa shape index (κ1) is 8.62. The number of ketones is 1. The molecule has 11 heavy (non-hydrogen) atoms. The molecule has 2 nitrogen and oxygen atoms in total. The van der Waals surface area contributed by atoms with Gasteiger partial charge in [-0.05, 0) is 11.4 Å². The quantitative estimate of drug-likeness (QED) is 0.670. The topological polar surface area (TPSA) is 34.1 Å². The smallest absolute Gasteiger partial charge is 0.185 e. The van der Waals surface area contributed by atoms with Gasteiger partial charge in [0.25, 0.3) is 0 Å². The lowest BCUT2D eigenvalue weighted by atomic mass is 10.4. The van der Waals surface area contributed by atoms with E-state index in [9.17, 15) is 9.00 Å². The van der Waals surface area contributed by atoms with Crippen LogP contribution < -0.4 is 0 Å². The minimum absolute atomic E-state index is 0.0270. The van der Waals surface area contributed by atoms with Crippen LogP contribution in [0.15, 0.2) is 17.5 Å². The van der Waals surface area contributed by atoms with Gasteiger partial charge < -0.3 is 0 Å². The van der Waals surface area contributed by atoms with E-state index < -0.39 is 10.8 Å². The molecule has 0 unspecified atom stereocenters. The summed E-state index contributed by atoms with van der Waals surface area (Å²) in [5, 5.41) is 1.84. The zero-order valence-electron chi connectivity index (χ0n) is 6.07. The van der Waals surface area contributed by atoms with Crippen molar-refractivity contribution in [2.24, 2.45) is 0 Å². The second kappa shape index (κ2) is 3.78. The van der Waals surface area contributed by atoms with E-state index >= 15 is 0 Å². The van der Waals surface area contributed by atoms with Gasteiger partial charge in [0, 0.05) is 17.1 Å². The SMILES string of the molecule is C[S@@](=O)CC(=O)c1cccs1. The average Bonchev–Trinajstić information content (AvgIpc) is 2.35. The number of thiophene rings is 1. The van der Waals surface area contributed by atoms with Crippen LogP contribution in [0.1, 0.15) is 9.67 Å². The van der Waals surface area contributed by atoms with Crippen LogP contribution in [0.5, 0.6) is 0 Å². The Labute approximate surface area is 71.7 Å². The predicted molar refractivity (Wildman–Crippen MR) is 47.6 cm³/mol. The third-order valence-corrected chi connectivity index (χ3v) is 2.71. The van der Waals surface area contributed by atoms with Crippen LogP contribution in [0.3, 0.4) is 0 Å². The molecule has 1 rings (SSSR count). The van der Waals surface area contributed by atoms with Gasteiger partial charge in [0.1, 0.15) is 0 Å². The third-order valence-electron chi connectivity index (χ3n) is 1.13. The summed E-state index contributed by atoms with van der Waals surface area (Å²) < 4.78 is 10.6. The minimum atomic E-state index is -1.02. The molecule has 0 aliphatic carbocycles. The third kappa shape index (κ3) is 2.55. The standard InChI is InChI=1S/C7H8O2S2/c1-11(9)5-6(8)7-3-2-4-10-7/h2-4H,5H2,1H3/t11-/m1/s1. The van der Waals surface area contributed by atoms with E-state index in [1.807, 2.05) is 11.4 Å². The molecule has 0 spiro atoms. The Morgan fingerprint density at radius 1 is 1.73 bits per heavy atom. The summed E-state index contributed by atoms with van der Waals surface area (Å²) in [5.74, 6) is 0.112. The number of Topliss-reactive ketones (excluding diaryl/α,β-unsaturated/α-hetero) is 1. The molecule has 1 atom stereocenters. The molecular formula is C7H8O2S2. The number of rotatable bonds is 3. The van der Waals surface area contributed by atoms with Gasteiger partial charge in [-0.15, -0.1) is 11.3 Å². The summed E-state index contributed by atoms with van der Waals surface area (Å²) in [4.78, 5) is 11.8. The van der Waals surface area contributed by atoms with Crippen LogP contribution in [-0.4, -0.2) is 22.0 Å². The normalized spacial score (nSPS) is 12.8. The molecule has 0 amide bonds. The second-order valence-electron chi connectivity index (χ2n) is 2.12. The lowest BCUT2D eigenvalue weighted by molar-refractivity contribution is 0.102. The van der Waals surface area contributed by atoms with E-state index in [1.165, 1.54) is 17.6 Å². The highest BCUT2D eigenvalue weighted by Crippen LogP contribution is 2.09. The van der Waals surface area contributed by atoms with Crippen molar-refractivity contribution in [1.29, 1.82) is 0 Å². The molecule has 0 aromatic carbocycles. The molecule has 0 saturated heterocycles. The van der Waals surface area contributed by atoms with E-state index in [4.69, 9.17) is 0 Å². The molecule has 60 valence electrons. The number of hydrogen-bond acceptors (Lipinski definition) is 3. The zero-order chi connectivity index (χ0) is 8.27. The van der Waals surface area contributed by atoms with Gasteiger partial charge in [-0.2, -0.15) is 0 Å². The van der Waals surface area contributed by atoms with Gasteiger partial charge in [-0.1, -0.05) is 6.07 Å². The summed E-state index contributed by atoms with van der Waals surface area (Å²) in [5.41, 5.74) is 0. The maximum atomic E-state index is 11.1. The van der Waals surface area contributed by atoms with Crippen LogP contribution in [0.4, 0.5) is 0 Å². The lowest BCUT2D eigenvalue weighted by Gasteiger charge is -1.91. The van der Waals surface area contributed by atoms with Gasteiger partial charge >= 0.3 is 0 Å². The summed E-state index contributed by atoms with van der Waals surface area (Å²) in [6, 6.07) is 3.57. The highest BCUT2D eigenvalue weighted by molar-refractivity contribution is 7.85. The summed E-state index contributed by atoms with van der Waals surface area (Å²) in [7, 11) is -1.02. The van der Waals surface area contributed by atoms with E-state index in [1.54, 1.807) is 6.07 Å². The maximum Gasteiger partial charge on any atom is 0.185 e. The van der Waals surface area contributed by atoms with Crippen molar-refractivity contribution in [3.8, 4) is 0 Å². The van der Waals surface area contributed by atoms with Gasteiger partial charge in [0.05, 0.1) is 10.6 Å². The highest BCUT2D eigenvalue weighted by atomic mass is 32.2. The molecule has 1 aromatic rings. The number of hydrogen-bond donors (Lipinski definition) is 0. The fraction of sp³-hybridized carbons (Fsp3) is 0.286. The Morgan fingerprint density at radius 2 is 2.45 bits per heavy atom. The minimum Gasteiger partial charge on any atom is -0.292 e. The predicted octanol–water partition coefficient (Wildman–Crippen LogP) is 1.31. The molecule has 1 heterocycles.